The van der Waals surface area contributed by atoms with Crippen LogP contribution >= 0.6 is 0 Å². The molecule has 8 heteroatoms. The zero-order valence-electron chi connectivity index (χ0n) is 22.3. The average molecular weight is 511 g/mol. The number of aryl methyl sites for hydroxylation is 1. The first-order chi connectivity index (χ1) is 18.5. The maximum absolute atomic E-state index is 12.8. The molecular weight excluding hydrogens is 476 g/mol. The highest BCUT2D eigenvalue weighted by Gasteiger charge is 2.22. The first kappa shape index (κ1) is 25.6. The Morgan fingerprint density at radius 2 is 1.68 bits per heavy atom. The molecule has 1 aliphatic heterocycles. The number of piperazine rings is 1. The molecule has 38 heavy (non-hydrogen) atoms. The number of hydrogen-bond acceptors (Lipinski definition) is 7. The van der Waals surface area contributed by atoms with E-state index in [9.17, 15) is 4.79 Å². The summed E-state index contributed by atoms with van der Waals surface area (Å²) >= 11 is 0. The Balaban J connectivity index is 1.49. The zero-order valence-corrected chi connectivity index (χ0v) is 22.3. The number of rotatable bonds is 8. The van der Waals surface area contributed by atoms with Crippen molar-refractivity contribution in [3.63, 3.8) is 0 Å². The third kappa shape index (κ3) is 5.17. The lowest BCUT2D eigenvalue weighted by Gasteiger charge is -2.36. The highest BCUT2D eigenvalue weighted by atomic mass is 16.5. The number of para-hydroxylation sites is 1. The number of pyridine rings is 1. The molecule has 3 heterocycles. The van der Waals surface area contributed by atoms with Crippen LogP contribution in [0.25, 0.3) is 27.8 Å². The fraction of sp³-hybridized carbons (Fsp3) is 0.333. The third-order valence-corrected chi connectivity index (χ3v) is 7.06. The molecule has 8 nitrogen and oxygen atoms in total. The molecule has 0 bridgehead atoms. The smallest absolute Gasteiger partial charge is 0.357 e. The molecule has 0 aliphatic carbocycles. The van der Waals surface area contributed by atoms with Gasteiger partial charge in [-0.1, -0.05) is 37.3 Å². The number of ether oxygens (including phenoxy) is 1. The molecule has 196 valence electrons. The van der Waals surface area contributed by atoms with Crippen molar-refractivity contribution in [2.45, 2.75) is 27.2 Å². The summed E-state index contributed by atoms with van der Waals surface area (Å²) in [4.78, 5) is 22.2. The molecule has 0 saturated carbocycles. The number of hydrogen-bond donors (Lipinski definition) is 1. The summed E-state index contributed by atoms with van der Waals surface area (Å²) in [6.45, 7) is 10.6. The molecule has 1 saturated heterocycles. The second-order valence-electron chi connectivity index (χ2n) is 9.57. The SMILES string of the molecule is CCOC(=O)c1cc(-c2ccc(N3CCN(CC(=N)CC)CC3)cc2)c2c(C)nn(-c3ccccc3)c2n1. The molecule has 0 unspecified atom stereocenters. The van der Waals surface area contributed by atoms with Gasteiger partial charge in [0.05, 0.1) is 23.4 Å². The second kappa shape index (κ2) is 11.1. The predicted molar refractivity (Wildman–Crippen MR) is 152 cm³/mol. The first-order valence-corrected chi connectivity index (χ1v) is 13.3. The van der Waals surface area contributed by atoms with E-state index in [1.54, 1.807) is 11.6 Å². The van der Waals surface area contributed by atoms with Crippen molar-refractivity contribution in [2.75, 3.05) is 44.2 Å². The number of anilines is 1. The molecule has 0 spiro atoms. The van der Waals surface area contributed by atoms with E-state index >= 15 is 0 Å². The third-order valence-electron chi connectivity index (χ3n) is 7.06. The van der Waals surface area contributed by atoms with E-state index in [-0.39, 0.29) is 12.3 Å². The molecule has 5 rings (SSSR count). The summed E-state index contributed by atoms with van der Waals surface area (Å²) in [5, 5.41) is 13.7. The lowest BCUT2D eigenvalue weighted by atomic mass is 10.0. The summed E-state index contributed by atoms with van der Waals surface area (Å²) in [6.07, 6.45) is 0.811. The van der Waals surface area contributed by atoms with Crippen molar-refractivity contribution in [2.24, 2.45) is 0 Å². The van der Waals surface area contributed by atoms with Gasteiger partial charge in [-0.15, -0.1) is 0 Å². The molecule has 0 radical (unpaired) electrons. The number of aromatic nitrogens is 3. The Labute approximate surface area is 223 Å². The van der Waals surface area contributed by atoms with Crippen molar-refractivity contribution >= 4 is 28.4 Å². The van der Waals surface area contributed by atoms with Gasteiger partial charge in [0.1, 0.15) is 0 Å². The molecule has 1 N–H and O–H groups in total. The number of benzene rings is 2. The van der Waals surface area contributed by atoms with Crippen LogP contribution in [-0.2, 0) is 4.74 Å². The summed E-state index contributed by atoms with van der Waals surface area (Å²) in [5.74, 6) is -0.445. The molecule has 2 aromatic heterocycles. The maximum atomic E-state index is 12.8. The molecule has 2 aromatic carbocycles. The van der Waals surface area contributed by atoms with Gasteiger partial charge in [-0.2, -0.15) is 5.10 Å². The number of carbonyl (C=O) groups excluding carboxylic acids is 1. The average Bonchev–Trinajstić information content (AvgIpc) is 3.30. The van der Waals surface area contributed by atoms with Gasteiger partial charge in [0.25, 0.3) is 0 Å². The van der Waals surface area contributed by atoms with Crippen LogP contribution in [-0.4, -0.2) is 70.7 Å². The van der Waals surface area contributed by atoms with Crippen molar-refractivity contribution in [1.29, 1.82) is 5.41 Å². The highest BCUT2D eigenvalue weighted by Crippen LogP contribution is 2.33. The number of nitrogens with one attached hydrogen (secondary N) is 1. The van der Waals surface area contributed by atoms with E-state index in [0.717, 1.165) is 72.8 Å². The van der Waals surface area contributed by atoms with Crippen molar-refractivity contribution in [3.8, 4) is 16.8 Å². The maximum Gasteiger partial charge on any atom is 0.357 e. The molecule has 4 aromatic rings. The molecule has 0 amide bonds. The molecular formula is C30H34N6O2. The Bertz CT molecular complexity index is 1440. The van der Waals surface area contributed by atoms with Crippen molar-refractivity contribution < 1.29 is 9.53 Å². The predicted octanol–water partition coefficient (Wildman–Crippen LogP) is 5.12. The standard InChI is InChI=1S/C30H34N6O2/c1-4-23(31)20-34-15-17-35(18-16-34)24-13-11-22(12-14-24)26-19-27(30(37)38-5-2)32-29-28(26)21(3)33-36(29)25-9-7-6-8-10-25/h6-14,19,31H,4-5,15-18,20H2,1-3H3. The van der Waals surface area contributed by atoms with Crippen LogP contribution in [0.3, 0.4) is 0 Å². The Morgan fingerprint density at radius 1 is 0.974 bits per heavy atom. The largest absolute Gasteiger partial charge is 0.461 e. The van der Waals surface area contributed by atoms with E-state index in [0.29, 0.717) is 5.65 Å². The number of esters is 1. The molecule has 1 aliphatic rings. The van der Waals surface area contributed by atoms with Gasteiger partial charge in [-0.3, -0.25) is 4.90 Å². The molecule has 1 fully saturated rings. The normalized spacial score (nSPS) is 14.1. The van der Waals surface area contributed by atoms with E-state index in [4.69, 9.17) is 20.2 Å². The van der Waals surface area contributed by atoms with Crippen LogP contribution in [0.1, 0.15) is 36.5 Å². The van der Waals surface area contributed by atoms with Crippen LogP contribution in [0, 0.1) is 12.3 Å². The van der Waals surface area contributed by atoms with E-state index in [2.05, 4.69) is 34.1 Å². The number of nitrogens with zero attached hydrogens (tertiary/aromatic N) is 5. The lowest BCUT2D eigenvalue weighted by molar-refractivity contribution is 0.0520. The minimum atomic E-state index is -0.445. The van der Waals surface area contributed by atoms with Crippen LogP contribution in [0.4, 0.5) is 5.69 Å². The number of fused-ring (bicyclic) bond motifs is 1. The monoisotopic (exact) mass is 510 g/mol. The van der Waals surface area contributed by atoms with Crippen LogP contribution in [0.15, 0.2) is 60.7 Å². The summed E-state index contributed by atoms with van der Waals surface area (Å²) in [7, 11) is 0. The van der Waals surface area contributed by atoms with Gasteiger partial charge in [-0.25, -0.2) is 14.5 Å². The lowest BCUT2D eigenvalue weighted by Crippen LogP contribution is -2.47. The summed E-state index contributed by atoms with van der Waals surface area (Å²) in [6, 6.07) is 20.2. The summed E-state index contributed by atoms with van der Waals surface area (Å²) in [5.41, 5.74) is 6.50. The van der Waals surface area contributed by atoms with Crippen LogP contribution < -0.4 is 4.90 Å². The van der Waals surface area contributed by atoms with E-state index in [1.807, 2.05) is 50.2 Å². The Hall–Kier alpha value is -4.04. The minimum absolute atomic E-state index is 0.268. The first-order valence-electron chi connectivity index (χ1n) is 13.3. The van der Waals surface area contributed by atoms with E-state index in [1.165, 1.54) is 5.69 Å². The quantitative estimate of drug-likeness (QED) is 0.261. The highest BCUT2D eigenvalue weighted by molar-refractivity contribution is 6.00. The summed E-state index contributed by atoms with van der Waals surface area (Å²) < 4.78 is 7.10. The van der Waals surface area contributed by atoms with Crippen LogP contribution in [0.2, 0.25) is 0 Å². The van der Waals surface area contributed by atoms with Gasteiger partial charge >= 0.3 is 5.97 Å². The van der Waals surface area contributed by atoms with Crippen molar-refractivity contribution in [3.05, 3.63) is 72.1 Å². The second-order valence-corrected chi connectivity index (χ2v) is 9.57. The van der Waals surface area contributed by atoms with Gasteiger partial charge < -0.3 is 15.0 Å². The minimum Gasteiger partial charge on any atom is -0.461 e. The topological polar surface area (TPSA) is 87.3 Å². The van der Waals surface area contributed by atoms with Gasteiger partial charge in [0, 0.05) is 44.1 Å². The van der Waals surface area contributed by atoms with Gasteiger partial charge in [0.15, 0.2) is 11.3 Å². The van der Waals surface area contributed by atoms with Crippen molar-refractivity contribution in [1.82, 2.24) is 19.7 Å². The Morgan fingerprint density at radius 3 is 2.34 bits per heavy atom. The fourth-order valence-corrected chi connectivity index (χ4v) is 4.97. The fourth-order valence-electron chi connectivity index (χ4n) is 4.97. The van der Waals surface area contributed by atoms with Gasteiger partial charge in [-0.05, 0) is 61.7 Å². The molecule has 0 atom stereocenters. The van der Waals surface area contributed by atoms with Gasteiger partial charge in [0.2, 0.25) is 0 Å². The Kier molecular flexibility index (Phi) is 7.51. The zero-order chi connectivity index (χ0) is 26.6. The number of carbonyl (C=O) groups is 1. The van der Waals surface area contributed by atoms with Crippen LogP contribution in [0.5, 0.6) is 0 Å². The van der Waals surface area contributed by atoms with E-state index < -0.39 is 5.97 Å².